The fourth-order valence-electron chi connectivity index (χ4n) is 2.99. The number of nitrogens with one attached hydrogen (secondary N) is 1. The van der Waals surface area contributed by atoms with E-state index in [0.717, 1.165) is 17.3 Å². The van der Waals surface area contributed by atoms with Crippen molar-refractivity contribution in [1.82, 2.24) is 9.99 Å². The molecule has 0 bridgehead atoms. The highest BCUT2D eigenvalue weighted by Crippen LogP contribution is 2.26. The number of pyridine rings is 1. The Morgan fingerprint density at radius 3 is 2.80 bits per heavy atom. The second-order valence-corrected chi connectivity index (χ2v) is 7.50. The fourth-order valence-corrected chi connectivity index (χ4v) is 3.72. The van der Waals surface area contributed by atoms with Gasteiger partial charge in [-0.1, -0.05) is 36.0 Å². The average molecular weight is 418 g/mol. The van der Waals surface area contributed by atoms with E-state index >= 15 is 0 Å². The van der Waals surface area contributed by atoms with E-state index in [1.165, 1.54) is 11.2 Å². The minimum Gasteiger partial charge on any atom is -0.507 e. The maximum Gasteiger partial charge on any atom is 0.302 e. The number of carbonyl (C=O) groups is 2. The summed E-state index contributed by atoms with van der Waals surface area (Å²) in [7, 11) is 0. The molecular formula is C22H18N4O3S. The van der Waals surface area contributed by atoms with Crippen LogP contribution in [0.2, 0.25) is 0 Å². The number of aromatic nitrogens is 1. The van der Waals surface area contributed by atoms with Crippen LogP contribution in [0, 0.1) is 0 Å². The molecule has 1 aliphatic heterocycles. The summed E-state index contributed by atoms with van der Waals surface area (Å²) >= 11 is 1.14. The third-order valence-electron chi connectivity index (χ3n) is 4.44. The van der Waals surface area contributed by atoms with Gasteiger partial charge in [-0.25, -0.2) is 5.01 Å². The van der Waals surface area contributed by atoms with Crippen LogP contribution in [0.1, 0.15) is 21.5 Å². The standard InChI is InChI=1S/C22H18N4O3S/c27-20-9-2-1-8-18(20)19-14-30-22(29)26(25-19)13-15-5-3-7-17(11-15)24-21(28)16-6-4-10-23-12-16/h1-12,27H,13-14H2,(H,24,28). The highest BCUT2D eigenvalue weighted by atomic mass is 32.2. The molecule has 0 saturated heterocycles. The third-order valence-corrected chi connectivity index (χ3v) is 5.32. The predicted molar refractivity (Wildman–Crippen MR) is 117 cm³/mol. The van der Waals surface area contributed by atoms with Gasteiger partial charge in [-0.2, -0.15) is 5.10 Å². The van der Waals surface area contributed by atoms with Crippen molar-refractivity contribution in [3.63, 3.8) is 0 Å². The molecule has 0 fully saturated rings. The van der Waals surface area contributed by atoms with E-state index in [1.807, 2.05) is 18.2 Å². The number of anilines is 1. The van der Waals surface area contributed by atoms with Gasteiger partial charge in [0.25, 0.3) is 5.91 Å². The Labute approximate surface area is 177 Å². The second-order valence-electron chi connectivity index (χ2n) is 6.57. The minimum atomic E-state index is -0.260. The number of carbonyl (C=O) groups excluding carboxylic acids is 2. The number of rotatable bonds is 5. The highest BCUT2D eigenvalue weighted by molar-refractivity contribution is 8.14. The number of hydrazone groups is 1. The van der Waals surface area contributed by atoms with Crippen molar-refractivity contribution < 1.29 is 14.7 Å². The van der Waals surface area contributed by atoms with Crippen LogP contribution in [0.15, 0.2) is 78.2 Å². The Balaban J connectivity index is 1.51. The van der Waals surface area contributed by atoms with Crippen LogP contribution in [-0.4, -0.2) is 37.7 Å². The molecule has 0 spiro atoms. The summed E-state index contributed by atoms with van der Waals surface area (Å²) in [6.45, 7) is 0.250. The zero-order valence-corrected chi connectivity index (χ0v) is 16.7. The Kier molecular flexibility index (Phi) is 5.76. The van der Waals surface area contributed by atoms with Crippen LogP contribution in [-0.2, 0) is 6.54 Å². The Bertz CT molecular complexity index is 1120. The summed E-state index contributed by atoms with van der Waals surface area (Å²) in [5.41, 5.74) is 3.14. The van der Waals surface area contributed by atoms with E-state index in [4.69, 9.17) is 0 Å². The fraction of sp³-hybridized carbons (Fsp3) is 0.0909. The number of hydrogen-bond acceptors (Lipinski definition) is 6. The third kappa shape index (κ3) is 4.49. The van der Waals surface area contributed by atoms with Gasteiger partial charge < -0.3 is 10.4 Å². The molecule has 2 amide bonds. The number of phenolic OH excluding ortho intramolecular Hbond substituents is 1. The van der Waals surface area contributed by atoms with Gasteiger partial charge in [-0.3, -0.25) is 14.6 Å². The van der Waals surface area contributed by atoms with Crippen molar-refractivity contribution in [3.8, 4) is 5.75 Å². The molecule has 4 rings (SSSR count). The first-order valence-electron chi connectivity index (χ1n) is 9.20. The number of amides is 2. The molecule has 150 valence electrons. The smallest absolute Gasteiger partial charge is 0.302 e. The monoisotopic (exact) mass is 418 g/mol. The lowest BCUT2D eigenvalue weighted by Gasteiger charge is -2.23. The van der Waals surface area contributed by atoms with Gasteiger partial charge in [0.05, 0.1) is 17.8 Å². The first-order valence-corrected chi connectivity index (χ1v) is 10.2. The van der Waals surface area contributed by atoms with Crippen LogP contribution in [0.25, 0.3) is 0 Å². The lowest BCUT2D eigenvalue weighted by Crippen LogP contribution is -2.29. The van der Waals surface area contributed by atoms with Crippen LogP contribution < -0.4 is 5.32 Å². The van der Waals surface area contributed by atoms with Gasteiger partial charge in [-0.05, 0) is 42.0 Å². The Morgan fingerprint density at radius 2 is 2.00 bits per heavy atom. The number of thioether (sulfide) groups is 1. The number of benzene rings is 2. The van der Waals surface area contributed by atoms with Crippen molar-refractivity contribution in [2.75, 3.05) is 11.1 Å². The molecule has 2 N–H and O–H groups in total. The van der Waals surface area contributed by atoms with Gasteiger partial charge in [0.1, 0.15) is 5.75 Å². The topological polar surface area (TPSA) is 94.9 Å². The van der Waals surface area contributed by atoms with E-state index < -0.39 is 0 Å². The molecule has 0 radical (unpaired) electrons. The number of hydrogen-bond donors (Lipinski definition) is 2. The van der Waals surface area contributed by atoms with Crippen LogP contribution >= 0.6 is 11.8 Å². The SMILES string of the molecule is O=C(Nc1cccc(CN2N=C(c3ccccc3O)CSC2=O)c1)c1cccnc1. The van der Waals surface area contributed by atoms with Crippen molar-refractivity contribution in [1.29, 1.82) is 0 Å². The zero-order chi connectivity index (χ0) is 20.9. The molecule has 2 aromatic carbocycles. The van der Waals surface area contributed by atoms with Crippen molar-refractivity contribution in [3.05, 3.63) is 89.7 Å². The first kappa shape index (κ1) is 19.7. The molecule has 0 aliphatic carbocycles. The van der Waals surface area contributed by atoms with Gasteiger partial charge in [-0.15, -0.1) is 0 Å². The normalized spacial score (nSPS) is 13.7. The van der Waals surface area contributed by atoms with E-state index in [1.54, 1.807) is 48.7 Å². The quantitative estimate of drug-likeness (QED) is 0.650. The molecule has 0 unspecified atom stereocenters. The largest absolute Gasteiger partial charge is 0.507 e. The maximum atomic E-state index is 12.4. The lowest BCUT2D eigenvalue weighted by atomic mass is 10.1. The van der Waals surface area contributed by atoms with Crippen LogP contribution in [0.3, 0.4) is 0 Å². The molecule has 1 aliphatic rings. The van der Waals surface area contributed by atoms with Gasteiger partial charge in [0.15, 0.2) is 0 Å². The van der Waals surface area contributed by atoms with E-state index in [2.05, 4.69) is 15.4 Å². The Hall–Kier alpha value is -3.65. The van der Waals surface area contributed by atoms with Crippen molar-refractivity contribution in [2.45, 2.75) is 6.54 Å². The lowest BCUT2D eigenvalue weighted by molar-refractivity contribution is 0.102. The molecule has 1 aromatic heterocycles. The minimum absolute atomic E-state index is 0.131. The Morgan fingerprint density at radius 1 is 1.13 bits per heavy atom. The maximum absolute atomic E-state index is 12.4. The number of nitrogens with zero attached hydrogens (tertiary/aromatic N) is 3. The molecule has 3 aromatic rings. The summed E-state index contributed by atoms with van der Waals surface area (Å²) in [5, 5.41) is 18.6. The summed E-state index contributed by atoms with van der Waals surface area (Å²) in [6, 6.07) is 17.6. The summed E-state index contributed by atoms with van der Waals surface area (Å²) in [5.74, 6) is 0.268. The number of para-hydroxylation sites is 1. The van der Waals surface area contributed by atoms with Gasteiger partial charge in [0.2, 0.25) is 0 Å². The van der Waals surface area contributed by atoms with Gasteiger partial charge >= 0.3 is 5.24 Å². The number of phenols is 1. The molecule has 30 heavy (non-hydrogen) atoms. The first-order chi connectivity index (χ1) is 14.6. The van der Waals surface area contributed by atoms with Crippen molar-refractivity contribution in [2.24, 2.45) is 5.10 Å². The summed E-state index contributed by atoms with van der Waals surface area (Å²) in [4.78, 5) is 28.6. The molecule has 0 atom stereocenters. The second kappa shape index (κ2) is 8.79. The molecule has 8 heteroatoms. The summed E-state index contributed by atoms with van der Waals surface area (Å²) in [6.07, 6.45) is 3.10. The van der Waals surface area contributed by atoms with E-state index in [0.29, 0.717) is 28.3 Å². The van der Waals surface area contributed by atoms with E-state index in [-0.39, 0.29) is 23.4 Å². The predicted octanol–water partition coefficient (Wildman–Crippen LogP) is 4.11. The van der Waals surface area contributed by atoms with E-state index in [9.17, 15) is 14.7 Å². The zero-order valence-electron chi connectivity index (χ0n) is 15.9. The molecular weight excluding hydrogens is 400 g/mol. The summed E-state index contributed by atoms with van der Waals surface area (Å²) < 4.78 is 0. The molecule has 0 saturated carbocycles. The molecule has 2 heterocycles. The van der Waals surface area contributed by atoms with Crippen LogP contribution in [0.4, 0.5) is 10.5 Å². The van der Waals surface area contributed by atoms with Crippen LogP contribution in [0.5, 0.6) is 5.75 Å². The average Bonchev–Trinajstić information content (AvgIpc) is 2.77. The van der Waals surface area contributed by atoms with Crippen molar-refractivity contribution >= 4 is 34.3 Å². The highest BCUT2D eigenvalue weighted by Gasteiger charge is 2.23. The molecule has 7 nitrogen and oxygen atoms in total. The van der Waals surface area contributed by atoms with Gasteiger partial charge in [0, 0.05) is 29.4 Å². The number of aromatic hydroxyl groups is 1.